The molecule has 0 bridgehead atoms. The molecule has 2 aliphatic rings. The maximum Gasteiger partial charge on any atom is 0.276 e. The van der Waals surface area contributed by atoms with Crippen molar-refractivity contribution < 1.29 is 19.1 Å². The molecule has 4 rings (SSSR count). The highest BCUT2D eigenvalue weighted by Gasteiger charge is 2.38. The molecule has 0 aliphatic carbocycles. The number of Topliss-reactive ketones (excluding diaryl/α,β-unsaturated/α-hetero) is 1. The van der Waals surface area contributed by atoms with Gasteiger partial charge < -0.3 is 9.47 Å². The number of nitrogens with zero attached hydrogens (tertiary/aromatic N) is 3. The Hall–Kier alpha value is -3.46. The Kier molecular flexibility index (Phi) is 6.13. The summed E-state index contributed by atoms with van der Waals surface area (Å²) in [5.74, 6) is 1.38. The first kappa shape index (κ1) is 20.8. The van der Waals surface area contributed by atoms with E-state index in [4.69, 9.17) is 9.47 Å². The third-order valence-corrected chi connectivity index (χ3v) is 5.75. The predicted octanol–water partition coefficient (Wildman–Crippen LogP) is 3.03. The maximum atomic E-state index is 13.0. The van der Waals surface area contributed by atoms with Crippen molar-refractivity contribution in [3.05, 3.63) is 66.5 Å². The van der Waals surface area contributed by atoms with Crippen LogP contribution in [0.4, 0.5) is 5.69 Å². The molecule has 8 nitrogen and oxygen atoms in total. The minimum Gasteiger partial charge on any atom is -0.497 e. The van der Waals surface area contributed by atoms with E-state index in [1.54, 1.807) is 53.6 Å². The first-order valence-corrected chi connectivity index (χ1v) is 10.7. The molecule has 1 N–H and O–H groups in total. The molecule has 2 aliphatic heterocycles. The van der Waals surface area contributed by atoms with E-state index in [2.05, 4.69) is 10.5 Å². The van der Waals surface area contributed by atoms with Gasteiger partial charge in [-0.25, -0.2) is 0 Å². The van der Waals surface area contributed by atoms with Crippen LogP contribution in [0.25, 0.3) is 0 Å². The van der Waals surface area contributed by atoms with Gasteiger partial charge in [0.1, 0.15) is 11.5 Å². The van der Waals surface area contributed by atoms with Crippen LogP contribution in [0, 0.1) is 0 Å². The molecular weight excluding hydrogens is 416 g/mol. The second kappa shape index (κ2) is 9.13. The zero-order valence-electron chi connectivity index (χ0n) is 17.1. The van der Waals surface area contributed by atoms with Gasteiger partial charge in [0, 0.05) is 23.7 Å². The molecule has 2 heterocycles. The van der Waals surface area contributed by atoms with Gasteiger partial charge in [0.2, 0.25) is 6.17 Å². The van der Waals surface area contributed by atoms with Crippen LogP contribution < -0.4 is 19.8 Å². The molecule has 2 aromatic rings. The van der Waals surface area contributed by atoms with Crippen LogP contribution in [-0.2, 0) is 4.79 Å². The number of ether oxygens (including phenoxy) is 2. The van der Waals surface area contributed by atoms with Gasteiger partial charge in [-0.3, -0.25) is 24.8 Å². The number of thioether (sulfide) groups is 1. The van der Waals surface area contributed by atoms with E-state index < -0.39 is 6.17 Å². The average molecular weight is 439 g/mol. The van der Waals surface area contributed by atoms with Crippen LogP contribution in [0.15, 0.2) is 66.0 Å². The lowest BCUT2D eigenvalue weighted by molar-refractivity contribution is -0.122. The van der Waals surface area contributed by atoms with Crippen molar-refractivity contribution in [3.63, 3.8) is 0 Å². The van der Waals surface area contributed by atoms with Crippen LogP contribution >= 0.6 is 11.8 Å². The number of fused-ring (bicyclic) bond motifs is 1. The van der Waals surface area contributed by atoms with E-state index in [0.29, 0.717) is 23.1 Å². The Morgan fingerprint density at radius 2 is 1.97 bits per heavy atom. The molecule has 1 amide bonds. The van der Waals surface area contributed by atoms with Gasteiger partial charge in [-0.1, -0.05) is 23.9 Å². The molecule has 0 fully saturated rings. The zero-order valence-corrected chi connectivity index (χ0v) is 18.0. The fourth-order valence-corrected chi connectivity index (χ4v) is 4.07. The van der Waals surface area contributed by atoms with Gasteiger partial charge in [0.25, 0.3) is 5.91 Å². The highest BCUT2D eigenvalue weighted by atomic mass is 32.2. The molecule has 0 radical (unpaired) electrons. The van der Waals surface area contributed by atoms with Gasteiger partial charge in [-0.2, -0.15) is 5.10 Å². The number of nitrogens with one attached hydrogen (secondary N) is 1. The van der Waals surface area contributed by atoms with Crippen molar-refractivity contribution in [1.82, 2.24) is 10.3 Å². The first-order chi connectivity index (χ1) is 15.1. The summed E-state index contributed by atoms with van der Waals surface area (Å²) in [6, 6.07) is 14.4. The quantitative estimate of drug-likeness (QED) is 0.665. The number of hydrogen-bond acceptors (Lipinski definition) is 8. The zero-order chi connectivity index (χ0) is 21.8. The number of amidine groups is 1. The number of benzene rings is 2. The number of ketones is 1. The van der Waals surface area contributed by atoms with Crippen LogP contribution in [0.1, 0.15) is 17.3 Å². The molecule has 2 aromatic carbocycles. The van der Waals surface area contributed by atoms with E-state index in [9.17, 15) is 9.59 Å². The van der Waals surface area contributed by atoms with Gasteiger partial charge >= 0.3 is 0 Å². The van der Waals surface area contributed by atoms with Crippen molar-refractivity contribution in [2.24, 2.45) is 5.10 Å². The van der Waals surface area contributed by atoms with Crippen molar-refractivity contribution in [2.75, 3.05) is 24.4 Å². The Balaban J connectivity index is 1.40. The topological polar surface area (TPSA) is 83.5 Å². The molecule has 160 valence electrons. The highest BCUT2D eigenvalue weighted by Crippen LogP contribution is 2.27. The van der Waals surface area contributed by atoms with E-state index >= 15 is 0 Å². The molecule has 0 spiro atoms. The SMILES string of the molecule is CCOc1ccc(N2C=CN3C(SCC(=O)c4cccc(OC)c4)=NNC3C2=O)cc1. The second-order valence-electron chi connectivity index (χ2n) is 6.71. The van der Waals surface area contributed by atoms with Gasteiger partial charge in [0.15, 0.2) is 11.0 Å². The summed E-state index contributed by atoms with van der Waals surface area (Å²) >= 11 is 1.28. The summed E-state index contributed by atoms with van der Waals surface area (Å²) in [7, 11) is 1.56. The maximum absolute atomic E-state index is 13.0. The normalized spacial score (nSPS) is 17.2. The van der Waals surface area contributed by atoms with Crippen LogP contribution in [0.3, 0.4) is 0 Å². The Labute approximate surface area is 184 Å². The number of methoxy groups -OCH3 is 1. The predicted molar refractivity (Wildman–Crippen MR) is 120 cm³/mol. The molecule has 9 heteroatoms. The Morgan fingerprint density at radius 1 is 1.16 bits per heavy atom. The van der Waals surface area contributed by atoms with Crippen LogP contribution in [0.5, 0.6) is 11.5 Å². The van der Waals surface area contributed by atoms with E-state index in [1.165, 1.54) is 11.8 Å². The Morgan fingerprint density at radius 3 is 2.71 bits per heavy atom. The summed E-state index contributed by atoms with van der Waals surface area (Å²) in [6.45, 7) is 2.51. The minimum atomic E-state index is -0.647. The molecule has 1 atom stereocenters. The standard InChI is InChI=1S/C22H22N4O4S/c1-3-30-17-9-7-16(8-10-17)25-11-12-26-20(21(25)28)23-24-22(26)31-14-19(27)15-5-4-6-18(13-15)29-2/h4-13,20,23H,3,14H2,1-2H3. The molecule has 0 aromatic heterocycles. The molecule has 31 heavy (non-hydrogen) atoms. The van der Waals surface area contributed by atoms with Crippen molar-refractivity contribution in [1.29, 1.82) is 0 Å². The average Bonchev–Trinajstić information content (AvgIpc) is 3.22. The summed E-state index contributed by atoms with van der Waals surface area (Å²) in [5, 5.41) is 4.82. The number of hydrogen-bond donors (Lipinski definition) is 1. The summed E-state index contributed by atoms with van der Waals surface area (Å²) in [6.07, 6.45) is 2.83. The third-order valence-electron chi connectivity index (χ3n) is 4.78. The number of hydrazone groups is 1. The molecule has 0 saturated heterocycles. The summed E-state index contributed by atoms with van der Waals surface area (Å²) in [4.78, 5) is 28.8. The summed E-state index contributed by atoms with van der Waals surface area (Å²) < 4.78 is 10.6. The van der Waals surface area contributed by atoms with Crippen LogP contribution in [-0.4, -0.2) is 47.4 Å². The summed E-state index contributed by atoms with van der Waals surface area (Å²) in [5.41, 5.74) is 4.17. The van der Waals surface area contributed by atoms with E-state index in [-0.39, 0.29) is 17.4 Å². The lowest BCUT2D eigenvalue weighted by Gasteiger charge is -2.31. The fourth-order valence-electron chi connectivity index (χ4n) is 3.21. The smallest absolute Gasteiger partial charge is 0.276 e. The largest absolute Gasteiger partial charge is 0.497 e. The Bertz CT molecular complexity index is 1040. The molecule has 1 unspecified atom stereocenters. The number of carbonyl (C=O) groups excluding carboxylic acids is 2. The third kappa shape index (κ3) is 4.36. The van der Waals surface area contributed by atoms with Gasteiger partial charge in [-0.15, -0.1) is 0 Å². The van der Waals surface area contributed by atoms with Crippen molar-refractivity contribution in [2.45, 2.75) is 13.1 Å². The van der Waals surface area contributed by atoms with Crippen LogP contribution in [0.2, 0.25) is 0 Å². The second-order valence-corrected chi connectivity index (χ2v) is 7.65. The highest BCUT2D eigenvalue weighted by molar-refractivity contribution is 8.14. The van der Waals surface area contributed by atoms with Crippen molar-refractivity contribution in [3.8, 4) is 11.5 Å². The number of rotatable bonds is 7. The lowest BCUT2D eigenvalue weighted by atomic mass is 10.1. The molecular formula is C22H22N4O4S. The van der Waals surface area contributed by atoms with Crippen molar-refractivity contribution >= 4 is 34.3 Å². The van der Waals surface area contributed by atoms with Gasteiger partial charge in [-0.05, 0) is 43.3 Å². The monoisotopic (exact) mass is 438 g/mol. The van der Waals surface area contributed by atoms with E-state index in [1.807, 2.05) is 31.2 Å². The number of anilines is 1. The molecule has 0 saturated carbocycles. The fraction of sp³-hybridized carbons (Fsp3) is 0.227. The number of amides is 1. The first-order valence-electron chi connectivity index (χ1n) is 9.76. The minimum absolute atomic E-state index is 0.0432. The number of carbonyl (C=O) groups is 2. The lowest BCUT2D eigenvalue weighted by Crippen LogP contribution is -2.52. The van der Waals surface area contributed by atoms with E-state index in [0.717, 1.165) is 11.4 Å². The van der Waals surface area contributed by atoms with Gasteiger partial charge in [0.05, 0.1) is 19.5 Å².